The first-order valence-electron chi connectivity index (χ1n) is 9.40. The lowest BCUT2D eigenvalue weighted by atomic mass is 9.87. The van der Waals surface area contributed by atoms with E-state index in [1.165, 1.54) is 0 Å². The van der Waals surface area contributed by atoms with E-state index in [0.717, 1.165) is 36.9 Å². The SMILES string of the molecule is O=C(NCC1(CO)CCCC1)C1=C2C=CC=CN2C(c2cccc(Cl)c2)N1. The first kappa shape index (κ1) is 18.1. The normalized spacial score (nSPS) is 22.7. The lowest BCUT2D eigenvalue weighted by molar-refractivity contribution is -0.118. The van der Waals surface area contributed by atoms with Crippen molar-refractivity contribution in [3.8, 4) is 0 Å². The minimum atomic E-state index is -0.182. The Labute approximate surface area is 164 Å². The van der Waals surface area contributed by atoms with Crippen molar-refractivity contribution in [2.75, 3.05) is 13.2 Å². The molecule has 1 amide bonds. The van der Waals surface area contributed by atoms with Gasteiger partial charge in [0, 0.05) is 23.2 Å². The summed E-state index contributed by atoms with van der Waals surface area (Å²) in [5.74, 6) is -0.140. The maximum Gasteiger partial charge on any atom is 0.269 e. The Kier molecular flexibility index (Phi) is 4.98. The Morgan fingerprint density at radius 1 is 1.33 bits per heavy atom. The topological polar surface area (TPSA) is 64.6 Å². The second-order valence-corrected chi connectivity index (χ2v) is 7.95. The molecule has 0 saturated heterocycles. The van der Waals surface area contributed by atoms with Gasteiger partial charge in [0.2, 0.25) is 0 Å². The third-order valence-electron chi connectivity index (χ3n) is 5.72. The monoisotopic (exact) mass is 385 g/mol. The Morgan fingerprint density at radius 3 is 2.89 bits per heavy atom. The third kappa shape index (κ3) is 3.49. The number of allylic oxidation sites excluding steroid dienone is 3. The van der Waals surface area contributed by atoms with Gasteiger partial charge in [0.15, 0.2) is 0 Å². The van der Waals surface area contributed by atoms with E-state index in [1.807, 2.05) is 53.6 Å². The fourth-order valence-electron chi connectivity index (χ4n) is 4.15. The van der Waals surface area contributed by atoms with Crippen LogP contribution in [-0.4, -0.2) is 29.1 Å². The molecular weight excluding hydrogens is 362 g/mol. The van der Waals surface area contributed by atoms with Crippen molar-refractivity contribution >= 4 is 17.5 Å². The van der Waals surface area contributed by atoms with E-state index in [4.69, 9.17) is 11.6 Å². The molecule has 3 aliphatic rings. The van der Waals surface area contributed by atoms with Gasteiger partial charge < -0.3 is 20.6 Å². The molecule has 3 N–H and O–H groups in total. The number of hydrogen-bond acceptors (Lipinski definition) is 4. The highest BCUT2D eigenvalue weighted by Crippen LogP contribution is 2.38. The van der Waals surface area contributed by atoms with Crippen molar-refractivity contribution in [2.45, 2.75) is 31.8 Å². The van der Waals surface area contributed by atoms with E-state index < -0.39 is 0 Å². The summed E-state index contributed by atoms with van der Waals surface area (Å²) in [4.78, 5) is 15.0. The number of rotatable bonds is 5. The van der Waals surface area contributed by atoms with Gasteiger partial charge in [-0.1, -0.05) is 42.7 Å². The van der Waals surface area contributed by atoms with Gasteiger partial charge in [0.05, 0.1) is 12.3 Å². The van der Waals surface area contributed by atoms with Gasteiger partial charge in [-0.2, -0.15) is 0 Å². The number of nitrogens with one attached hydrogen (secondary N) is 2. The molecule has 0 aromatic heterocycles. The fraction of sp³-hybridized carbons (Fsp3) is 0.381. The highest BCUT2D eigenvalue weighted by atomic mass is 35.5. The largest absolute Gasteiger partial charge is 0.396 e. The van der Waals surface area contributed by atoms with Crippen LogP contribution in [0, 0.1) is 5.41 Å². The fourth-order valence-corrected chi connectivity index (χ4v) is 4.35. The predicted molar refractivity (Wildman–Crippen MR) is 105 cm³/mol. The van der Waals surface area contributed by atoms with Crippen molar-refractivity contribution in [3.63, 3.8) is 0 Å². The molecule has 4 rings (SSSR count). The van der Waals surface area contributed by atoms with Gasteiger partial charge in [-0.05, 0) is 42.7 Å². The zero-order valence-corrected chi connectivity index (χ0v) is 15.9. The van der Waals surface area contributed by atoms with E-state index in [0.29, 0.717) is 17.3 Å². The molecule has 142 valence electrons. The number of benzene rings is 1. The van der Waals surface area contributed by atoms with Gasteiger partial charge in [0.25, 0.3) is 5.91 Å². The van der Waals surface area contributed by atoms with E-state index in [1.54, 1.807) is 0 Å². The number of aliphatic hydroxyl groups is 1. The number of hydrogen-bond donors (Lipinski definition) is 3. The quantitative estimate of drug-likeness (QED) is 0.728. The van der Waals surface area contributed by atoms with Crippen LogP contribution in [0.5, 0.6) is 0 Å². The number of nitrogens with zero attached hydrogens (tertiary/aromatic N) is 1. The minimum Gasteiger partial charge on any atom is -0.396 e. The molecule has 1 saturated carbocycles. The number of fused-ring (bicyclic) bond motifs is 1. The molecule has 1 unspecified atom stereocenters. The Morgan fingerprint density at radius 2 is 2.15 bits per heavy atom. The standard InChI is InChI=1S/C21H24ClN3O2/c22-16-7-5-6-15(12-16)19-24-18(17-8-1-4-11-25(17)19)20(27)23-13-21(14-26)9-2-3-10-21/h1,4-8,11-12,19,24,26H,2-3,9-10,13-14H2,(H,23,27). The average molecular weight is 386 g/mol. The van der Waals surface area contributed by atoms with Crippen LogP contribution in [0.4, 0.5) is 0 Å². The first-order valence-corrected chi connectivity index (χ1v) is 9.78. The molecule has 6 heteroatoms. The van der Waals surface area contributed by atoms with Gasteiger partial charge in [0.1, 0.15) is 11.9 Å². The molecule has 1 aromatic rings. The summed E-state index contributed by atoms with van der Waals surface area (Å²) in [7, 11) is 0. The van der Waals surface area contributed by atoms with Crippen molar-refractivity contribution in [1.29, 1.82) is 0 Å². The second-order valence-electron chi connectivity index (χ2n) is 7.52. The zero-order valence-electron chi connectivity index (χ0n) is 15.1. The smallest absolute Gasteiger partial charge is 0.269 e. The van der Waals surface area contributed by atoms with Crippen LogP contribution in [0.3, 0.4) is 0 Å². The van der Waals surface area contributed by atoms with Crippen LogP contribution < -0.4 is 10.6 Å². The van der Waals surface area contributed by atoms with Gasteiger partial charge in [-0.3, -0.25) is 4.79 Å². The second kappa shape index (κ2) is 7.41. The van der Waals surface area contributed by atoms with Crippen LogP contribution in [0.25, 0.3) is 0 Å². The highest BCUT2D eigenvalue weighted by Gasteiger charge is 2.37. The summed E-state index contributed by atoms with van der Waals surface area (Å²) < 4.78 is 0. The van der Waals surface area contributed by atoms with Crippen LogP contribution >= 0.6 is 11.6 Å². The molecule has 0 bridgehead atoms. The number of carbonyl (C=O) groups excluding carboxylic acids is 1. The number of amides is 1. The van der Waals surface area contributed by atoms with Crippen molar-refractivity contribution < 1.29 is 9.90 Å². The van der Waals surface area contributed by atoms with Crippen LogP contribution in [0.2, 0.25) is 5.02 Å². The lowest BCUT2D eigenvalue weighted by Crippen LogP contribution is -2.40. The van der Waals surface area contributed by atoms with Crippen molar-refractivity contribution in [3.05, 3.63) is 70.7 Å². The highest BCUT2D eigenvalue weighted by molar-refractivity contribution is 6.30. The molecule has 0 spiro atoms. The van der Waals surface area contributed by atoms with Crippen molar-refractivity contribution in [1.82, 2.24) is 15.5 Å². The summed E-state index contributed by atoms with van der Waals surface area (Å²) in [6, 6.07) is 7.64. The van der Waals surface area contributed by atoms with Crippen LogP contribution in [0.1, 0.15) is 37.4 Å². The van der Waals surface area contributed by atoms with E-state index in [9.17, 15) is 9.90 Å². The van der Waals surface area contributed by atoms with Crippen LogP contribution in [-0.2, 0) is 4.79 Å². The maximum absolute atomic E-state index is 12.9. The van der Waals surface area contributed by atoms with Crippen LogP contribution in [0.15, 0.2) is 60.1 Å². The molecule has 1 fully saturated rings. The average Bonchev–Trinajstić information content (AvgIpc) is 3.32. The molecule has 1 atom stereocenters. The molecule has 2 heterocycles. The summed E-state index contributed by atoms with van der Waals surface area (Å²) in [6.45, 7) is 0.620. The maximum atomic E-state index is 12.9. The van der Waals surface area contributed by atoms with Gasteiger partial charge in [-0.15, -0.1) is 0 Å². The first-order chi connectivity index (χ1) is 13.1. The summed E-state index contributed by atoms with van der Waals surface area (Å²) in [5.41, 5.74) is 2.20. The Hall–Kier alpha value is -2.24. The number of aliphatic hydroxyl groups excluding tert-OH is 1. The number of halogens is 1. The zero-order chi connectivity index (χ0) is 18.9. The molecule has 1 aromatic carbocycles. The molecule has 2 aliphatic heterocycles. The summed E-state index contributed by atoms with van der Waals surface area (Å²) >= 11 is 6.16. The van der Waals surface area contributed by atoms with E-state index in [-0.39, 0.29) is 24.1 Å². The third-order valence-corrected chi connectivity index (χ3v) is 5.96. The van der Waals surface area contributed by atoms with Gasteiger partial charge >= 0.3 is 0 Å². The number of carbonyl (C=O) groups is 1. The van der Waals surface area contributed by atoms with E-state index in [2.05, 4.69) is 10.6 Å². The summed E-state index contributed by atoms with van der Waals surface area (Å²) in [6.07, 6.45) is 11.7. The predicted octanol–water partition coefficient (Wildman–Crippen LogP) is 3.21. The Balaban J connectivity index is 1.53. The minimum absolute atomic E-state index is 0.118. The molecule has 27 heavy (non-hydrogen) atoms. The summed E-state index contributed by atoms with van der Waals surface area (Å²) in [5, 5.41) is 16.8. The van der Waals surface area contributed by atoms with E-state index >= 15 is 0 Å². The molecule has 1 aliphatic carbocycles. The van der Waals surface area contributed by atoms with Crippen molar-refractivity contribution in [2.24, 2.45) is 5.41 Å². The Bertz CT molecular complexity index is 824. The molecular formula is C21H24ClN3O2. The molecule has 0 radical (unpaired) electrons. The van der Waals surface area contributed by atoms with Gasteiger partial charge in [-0.25, -0.2) is 0 Å². The molecule has 5 nitrogen and oxygen atoms in total. The lowest BCUT2D eigenvalue weighted by Gasteiger charge is -2.26.